The molecule has 1 amide bonds. The van der Waals surface area contributed by atoms with E-state index in [2.05, 4.69) is 30.3 Å². The van der Waals surface area contributed by atoms with Gasteiger partial charge in [-0.2, -0.15) is 0 Å². The van der Waals surface area contributed by atoms with Gasteiger partial charge in [0.05, 0.1) is 21.6 Å². The van der Waals surface area contributed by atoms with E-state index in [9.17, 15) is 4.79 Å². The molecule has 0 saturated heterocycles. The van der Waals surface area contributed by atoms with E-state index in [0.717, 1.165) is 31.5 Å². The van der Waals surface area contributed by atoms with E-state index in [1.165, 1.54) is 15.6 Å². The number of imidazole rings is 1. The molecular weight excluding hydrogens is 332 g/mol. The quantitative estimate of drug-likeness (QED) is 0.784. The Kier molecular flexibility index (Phi) is 5.57. The highest BCUT2D eigenvalue weighted by Gasteiger charge is 2.29. The summed E-state index contributed by atoms with van der Waals surface area (Å²) in [6, 6.07) is 0.196. The summed E-state index contributed by atoms with van der Waals surface area (Å²) < 4.78 is 2.10. The number of aromatic nitrogens is 3. The maximum atomic E-state index is 12.8. The van der Waals surface area contributed by atoms with Crippen molar-refractivity contribution in [2.75, 3.05) is 7.05 Å². The first-order valence-corrected chi connectivity index (χ1v) is 10.1. The van der Waals surface area contributed by atoms with E-state index in [4.69, 9.17) is 4.98 Å². The summed E-state index contributed by atoms with van der Waals surface area (Å²) in [6.07, 6.45) is 8.48. The third-order valence-electron chi connectivity index (χ3n) is 4.96. The summed E-state index contributed by atoms with van der Waals surface area (Å²) in [4.78, 5) is 25.2. The van der Waals surface area contributed by atoms with Gasteiger partial charge in [-0.05, 0) is 25.7 Å². The van der Waals surface area contributed by atoms with Gasteiger partial charge in [-0.1, -0.05) is 20.8 Å². The molecule has 0 N–H and O–H groups in total. The second-order valence-electron chi connectivity index (χ2n) is 7.07. The Morgan fingerprint density at radius 2 is 2.28 bits per heavy atom. The van der Waals surface area contributed by atoms with E-state index in [-0.39, 0.29) is 11.9 Å². The normalized spacial score (nSPS) is 16.9. The Balaban J connectivity index is 1.67. The van der Waals surface area contributed by atoms with E-state index >= 15 is 0 Å². The first kappa shape index (κ1) is 18.1. The molecule has 5 nitrogen and oxygen atoms in total. The van der Waals surface area contributed by atoms with Gasteiger partial charge in [0, 0.05) is 38.3 Å². The third kappa shape index (κ3) is 3.78. The zero-order valence-corrected chi connectivity index (χ0v) is 16.5. The number of carbonyl (C=O) groups excluding carboxylic acids is 1. The Hall–Kier alpha value is -1.69. The van der Waals surface area contributed by atoms with E-state index < -0.39 is 0 Å². The van der Waals surface area contributed by atoms with Crippen LogP contribution in [0.25, 0.3) is 0 Å². The number of fused-ring (bicyclic) bond motifs is 1. The lowest BCUT2D eigenvalue weighted by molar-refractivity contribution is -0.132. The van der Waals surface area contributed by atoms with Crippen molar-refractivity contribution in [3.05, 3.63) is 33.8 Å². The summed E-state index contributed by atoms with van der Waals surface area (Å²) in [7, 11) is 1.95. The Bertz CT molecular complexity index is 734. The molecule has 6 heteroatoms. The van der Waals surface area contributed by atoms with Crippen molar-refractivity contribution in [3.8, 4) is 0 Å². The molecule has 1 aliphatic rings. The lowest BCUT2D eigenvalue weighted by atomic mass is 9.97. The molecule has 0 radical (unpaired) electrons. The van der Waals surface area contributed by atoms with Gasteiger partial charge in [-0.3, -0.25) is 4.79 Å². The molecule has 0 spiro atoms. The molecule has 25 heavy (non-hydrogen) atoms. The Morgan fingerprint density at radius 3 is 3.00 bits per heavy atom. The van der Waals surface area contributed by atoms with Crippen LogP contribution in [0.1, 0.15) is 73.4 Å². The average Bonchev–Trinajstić information content (AvgIpc) is 3.24. The van der Waals surface area contributed by atoms with Crippen molar-refractivity contribution < 1.29 is 4.79 Å². The molecule has 3 rings (SSSR count). The van der Waals surface area contributed by atoms with Crippen LogP contribution in [-0.2, 0) is 24.2 Å². The predicted octanol–water partition coefficient (Wildman–Crippen LogP) is 3.95. The SMILES string of the molecule is CCc1nc2c(s1)C(N(C)C(=O)CCn1ccnc1C(C)C)CCC2. The highest BCUT2D eigenvalue weighted by Crippen LogP contribution is 2.37. The molecule has 2 aromatic heterocycles. The summed E-state index contributed by atoms with van der Waals surface area (Å²) in [5, 5.41) is 1.19. The van der Waals surface area contributed by atoms with Gasteiger partial charge in [-0.25, -0.2) is 9.97 Å². The highest BCUT2D eigenvalue weighted by atomic mass is 32.1. The third-order valence-corrected chi connectivity index (χ3v) is 6.30. The van der Waals surface area contributed by atoms with Crippen molar-refractivity contribution >= 4 is 17.2 Å². The number of rotatable bonds is 6. The topological polar surface area (TPSA) is 51.0 Å². The van der Waals surface area contributed by atoms with Crippen LogP contribution in [0.2, 0.25) is 0 Å². The van der Waals surface area contributed by atoms with Gasteiger partial charge in [-0.15, -0.1) is 11.3 Å². The Morgan fingerprint density at radius 1 is 1.48 bits per heavy atom. The van der Waals surface area contributed by atoms with Crippen LogP contribution in [-0.4, -0.2) is 32.4 Å². The fourth-order valence-corrected chi connectivity index (χ4v) is 4.78. The van der Waals surface area contributed by atoms with E-state index in [1.807, 2.05) is 24.3 Å². The first-order valence-electron chi connectivity index (χ1n) is 9.26. The largest absolute Gasteiger partial charge is 0.338 e. The number of amides is 1. The second-order valence-corrected chi connectivity index (χ2v) is 8.18. The standard InChI is InChI=1S/C19H28N4OS/c1-5-16-21-14-7-6-8-15(18(14)25-16)22(4)17(24)9-11-23-12-10-20-19(23)13(2)3/h10,12-13,15H,5-9,11H2,1-4H3. The van der Waals surface area contributed by atoms with Crippen LogP contribution < -0.4 is 0 Å². The van der Waals surface area contributed by atoms with E-state index in [1.54, 1.807) is 11.3 Å². The fraction of sp³-hybridized carbons (Fsp3) is 0.632. The van der Waals surface area contributed by atoms with Crippen LogP contribution in [0.4, 0.5) is 0 Å². The minimum absolute atomic E-state index is 0.196. The van der Waals surface area contributed by atoms with Gasteiger partial charge >= 0.3 is 0 Å². The van der Waals surface area contributed by atoms with Crippen molar-refractivity contribution in [1.29, 1.82) is 0 Å². The number of thiazole rings is 1. The van der Waals surface area contributed by atoms with Crippen LogP contribution >= 0.6 is 11.3 Å². The number of hydrogen-bond acceptors (Lipinski definition) is 4. The fourth-order valence-electron chi connectivity index (χ4n) is 3.55. The first-order chi connectivity index (χ1) is 12.0. The molecule has 0 fully saturated rings. The molecule has 0 aromatic carbocycles. The van der Waals surface area contributed by atoms with Gasteiger partial charge < -0.3 is 9.47 Å². The number of carbonyl (C=O) groups is 1. The highest BCUT2D eigenvalue weighted by molar-refractivity contribution is 7.11. The van der Waals surface area contributed by atoms with Gasteiger partial charge in [0.1, 0.15) is 5.82 Å². The molecule has 136 valence electrons. The van der Waals surface area contributed by atoms with Gasteiger partial charge in [0.25, 0.3) is 0 Å². The minimum Gasteiger partial charge on any atom is -0.338 e. The molecule has 0 bridgehead atoms. The summed E-state index contributed by atoms with van der Waals surface area (Å²) in [5.41, 5.74) is 1.22. The second kappa shape index (κ2) is 7.68. The molecular formula is C19H28N4OS. The molecule has 1 aliphatic carbocycles. The zero-order valence-electron chi connectivity index (χ0n) is 15.7. The monoisotopic (exact) mass is 360 g/mol. The van der Waals surface area contributed by atoms with Gasteiger partial charge in [0.15, 0.2) is 0 Å². The van der Waals surface area contributed by atoms with Crippen molar-refractivity contribution in [2.45, 2.75) is 71.4 Å². The summed E-state index contributed by atoms with van der Waals surface area (Å²) >= 11 is 1.79. The van der Waals surface area contributed by atoms with Gasteiger partial charge in [0.2, 0.25) is 5.91 Å². The molecule has 0 aliphatic heterocycles. The van der Waals surface area contributed by atoms with Crippen LogP contribution in [0.15, 0.2) is 12.4 Å². The Labute approximate surface area is 154 Å². The van der Waals surface area contributed by atoms with Crippen LogP contribution in [0.3, 0.4) is 0 Å². The lowest BCUT2D eigenvalue weighted by Gasteiger charge is -2.31. The number of aryl methyl sites for hydroxylation is 3. The van der Waals surface area contributed by atoms with E-state index in [0.29, 0.717) is 18.9 Å². The number of hydrogen-bond donors (Lipinski definition) is 0. The molecule has 2 aromatic rings. The maximum Gasteiger partial charge on any atom is 0.224 e. The number of nitrogens with zero attached hydrogens (tertiary/aromatic N) is 4. The smallest absolute Gasteiger partial charge is 0.224 e. The predicted molar refractivity (Wildman–Crippen MR) is 101 cm³/mol. The lowest BCUT2D eigenvalue weighted by Crippen LogP contribution is -2.33. The summed E-state index contributed by atoms with van der Waals surface area (Å²) in [6.45, 7) is 7.10. The minimum atomic E-state index is 0.196. The molecule has 1 atom stereocenters. The van der Waals surface area contributed by atoms with Crippen LogP contribution in [0, 0.1) is 0 Å². The molecule has 2 heterocycles. The van der Waals surface area contributed by atoms with Crippen molar-refractivity contribution in [3.63, 3.8) is 0 Å². The van der Waals surface area contributed by atoms with Crippen LogP contribution in [0.5, 0.6) is 0 Å². The van der Waals surface area contributed by atoms with Crippen molar-refractivity contribution in [2.24, 2.45) is 0 Å². The maximum absolute atomic E-state index is 12.8. The molecule has 1 unspecified atom stereocenters. The zero-order chi connectivity index (χ0) is 18.0. The average molecular weight is 361 g/mol. The molecule has 0 saturated carbocycles. The van der Waals surface area contributed by atoms with Crippen molar-refractivity contribution in [1.82, 2.24) is 19.4 Å². The summed E-state index contributed by atoms with van der Waals surface area (Å²) in [5.74, 6) is 1.62.